The molecule has 0 bridgehead atoms. The zero-order valence-corrected chi connectivity index (χ0v) is 13.4. The van der Waals surface area contributed by atoms with Gasteiger partial charge in [0.2, 0.25) is 0 Å². The molecule has 1 aromatic heterocycles. The summed E-state index contributed by atoms with van der Waals surface area (Å²) in [7, 11) is 0. The van der Waals surface area contributed by atoms with Crippen LogP contribution in [0.25, 0.3) is 0 Å². The maximum atomic E-state index is 9.33. The van der Waals surface area contributed by atoms with Crippen LogP contribution >= 0.6 is 0 Å². The number of rotatable bonds is 4. The Bertz CT molecular complexity index is 760. The monoisotopic (exact) mass is 293 g/mol. The molecule has 112 valence electrons. The van der Waals surface area contributed by atoms with Gasteiger partial charge in [-0.1, -0.05) is 0 Å². The van der Waals surface area contributed by atoms with Gasteiger partial charge in [-0.05, 0) is 61.1 Å². The van der Waals surface area contributed by atoms with E-state index in [0.29, 0.717) is 13.0 Å². The maximum Gasteiger partial charge on any atom is 0.137 e. The van der Waals surface area contributed by atoms with E-state index in [1.165, 1.54) is 6.33 Å². The highest BCUT2D eigenvalue weighted by Crippen LogP contribution is 2.32. The van der Waals surface area contributed by atoms with Crippen LogP contribution in [0.1, 0.15) is 46.2 Å². The van der Waals surface area contributed by atoms with Gasteiger partial charge in [0, 0.05) is 0 Å². The molecule has 2 aromatic rings. The fourth-order valence-corrected chi connectivity index (χ4v) is 3.12. The average molecular weight is 293 g/mol. The first-order valence-electron chi connectivity index (χ1n) is 7.21. The summed E-state index contributed by atoms with van der Waals surface area (Å²) >= 11 is 0. The Kier molecular flexibility index (Phi) is 4.58. The minimum Gasteiger partial charge on any atom is -0.249 e. The van der Waals surface area contributed by atoms with Gasteiger partial charge >= 0.3 is 0 Å². The largest absolute Gasteiger partial charge is 0.249 e. The fraction of sp³-hybridized carbons (Fsp3) is 0.412. The van der Waals surface area contributed by atoms with Crippen LogP contribution in [0.3, 0.4) is 0 Å². The first-order valence-corrected chi connectivity index (χ1v) is 7.21. The summed E-state index contributed by atoms with van der Waals surface area (Å²) in [6.07, 6.45) is 3.54. The van der Waals surface area contributed by atoms with Crippen LogP contribution in [-0.2, 0) is 13.0 Å². The summed E-state index contributed by atoms with van der Waals surface area (Å²) in [5, 5.41) is 22.6. The van der Waals surface area contributed by atoms with Crippen molar-refractivity contribution in [3.63, 3.8) is 0 Å². The normalized spacial score (nSPS) is 11.7. The third-order valence-corrected chi connectivity index (χ3v) is 4.29. The summed E-state index contributed by atoms with van der Waals surface area (Å²) in [4.78, 5) is 3.97. The van der Waals surface area contributed by atoms with Crippen LogP contribution in [0.15, 0.2) is 12.7 Å². The lowest BCUT2D eigenvalue weighted by Crippen LogP contribution is -2.12. The summed E-state index contributed by atoms with van der Waals surface area (Å²) in [6.45, 7) is 8.60. The molecular weight excluding hydrogens is 274 g/mol. The molecule has 0 aliphatic carbocycles. The van der Waals surface area contributed by atoms with E-state index >= 15 is 0 Å². The van der Waals surface area contributed by atoms with Crippen molar-refractivity contribution < 1.29 is 0 Å². The summed E-state index contributed by atoms with van der Waals surface area (Å²) in [6, 6.07) is 4.56. The van der Waals surface area contributed by atoms with Gasteiger partial charge in [0.25, 0.3) is 0 Å². The van der Waals surface area contributed by atoms with Crippen molar-refractivity contribution in [3.8, 4) is 12.1 Å². The summed E-state index contributed by atoms with van der Waals surface area (Å²) in [5.41, 5.74) is 6.47. The van der Waals surface area contributed by atoms with Gasteiger partial charge < -0.3 is 0 Å². The van der Waals surface area contributed by atoms with E-state index < -0.39 is 0 Å². The fourth-order valence-electron chi connectivity index (χ4n) is 3.12. The lowest BCUT2D eigenvalue weighted by molar-refractivity contribution is 0.675. The number of benzene rings is 1. The van der Waals surface area contributed by atoms with Crippen LogP contribution in [0, 0.1) is 43.4 Å². The second-order valence-corrected chi connectivity index (χ2v) is 5.52. The zero-order valence-electron chi connectivity index (χ0n) is 13.4. The van der Waals surface area contributed by atoms with Crippen LogP contribution < -0.4 is 0 Å². The van der Waals surface area contributed by atoms with Crippen molar-refractivity contribution in [1.29, 1.82) is 10.5 Å². The van der Waals surface area contributed by atoms with Crippen molar-refractivity contribution in [2.45, 2.75) is 46.6 Å². The lowest BCUT2D eigenvalue weighted by Gasteiger charge is -2.22. The number of aromatic nitrogens is 3. The molecule has 1 atom stereocenters. The molecule has 0 amide bonds. The minimum absolute atomic E-state index is 0.201. The smallest absolute Gasteiger partial charge is 0.137 e. The Morgan fingerprint density at radius 1 is 1.14 bits per heavy atom. The molecule has 0 N–H and O–H groups in total. The number of nitriles is 2. The first-order chi connectivity index (χ1) is 10.5. The second-order valence-electron chi connectivity index (χ2n) is 5.52. The molecule has 1 aromatic carbocycles. The highest BCUT2D eigenvalue weighted by Gasteiger charge is 2.20. The molecule has 0 aliphatic rings. The van der Waals surface area contributed by atoms with Crippen LogP contribution in [0.2, 0.25) is 0 Å². The van der Waals surface area contributed by atoms with Crippen LogP contribution in [0.4, 0.5) is 0 Å². The lowest BCUT2D eigenvalue weighted by atomic mass is 9.82. The van der Waals surface area contributed by atoms with E-state index in [1.54, 1.807) is 11.0 Å². The quantitative estimate of drug-likeness (QED) is 0.868. The predicted molar refractivity (Wildman–Crippen MR) is 83.1 cm³/mol. The van der Waals surface area contributed by atoms with E-state index in [2.05, 4.69) is 22.2 Å². The summed E-state index contributed by atoms with van der Waals surface area (Å²) < 4.78 is 1.77. The first kappa shape index (κ1) is 15.7. The standard InChI is InChI=1S/C17H19N5/c1-11(7-19)17-13(3)15(5-6-18)12(2)16(14(17)4)8-22-10-20-9-21-22/h9-11H,5,8H2,1-4H3. The predicted octanol–water partition coefficient (Wildman–Crippen LogP) is 2.94. The van der Waals surface area contributed by atoms with Gasteiger partial charge in [-0.25, -0.2) is 9.67 Å². The Labute approximate surface area is 130 Å². The van der Waals surface area contributed by atoms with Crippen molar-refractivity contribution in [2.24, 2.45) is 0 Å². The van der Waals surface area contributed by atoms with Crippen LogP contribution in [0.5, 0.6) is 0 Å². The minimum atomic E-state index is -0.201. The van der Waals surface area contributed by atoms with Crippen molar-refractivity contribution >= 4 is 0 Å². The molecule has 5 heteroatoms. The van der Waals surface area contributed by atoms with E-state index in [-0.39, 0.29) is 5.92 Å². The van der Waals surface area contributed by atoms with Crippen molar-refractivity contribution in [3.05, 3.63) is 46.0 Å². The highest BCUT2D eigenvalue weighted by molar-refractivity contribution is 5.53. The maximum absolute atomic E-state index is 9.33. The summed E-state index contributed by atoms with van der Waals surface area (Å²) in [5.74, 6) is -0.201. The SMILES string of the molecule is Cc1c(CC#N)c(C)c(C(C)C#N)c(C)c1Cn1cncn1. The molecule has 0 aliphatic heterocycles. The van der Waals surface area contributed by atoms with Gasteiger partial charge in [0.1, 0.15) is 12.7 Å². The third kappa shape index (κ3) is 2.71. The topological polar surface area (TPSA) is 78.3 Å². The molecule has 1 unspecified atom stereocenters. The van der Waals surface area contributed by atoms with Crippen LogP contribution in [-0.4, -0.2) is 14.8 Å². The molecule has 0 saturated heterocycles. The molecule has 22 heavy (non-hydrogen) atoms. The Hall–Kier alpha value is -2.66. The molecule has 1 heterocycles. The van der Waals surface area contributed by atoms with E-state index in [1.807, 2.05) is 27.7 Å². The second kappa shape index (κ2) is 6.41. The van der Waals surface area contributed by atoms with Crippen molar-refractivity contribution in [1.82, 2.24) is 14.8 Å². The molecule has 0 radical (unpaired) electrons. The molecular formula is C17H19N5. The van der Waals surface area contributed by atoms with E-state index in [0.717, 1.165) is 33.4 Å². The Morgan fingerprint density at radius 2 is 1.82 bits per heavy atom. The third-order valence-electron chi connectivity index (χ3n) is 4.29. The zero-order chi connectivity index (χ0) is 16.3. The molecule has 0 spiro atoms. The van der Waals surface area contributed by atoms with Gasteiger partial charge in [-0.2, -0.15) is 15.6 Å². The van der Waals surface area contributed by atoms with Gasteiger partial charge in [0.05, 0.1) is 31.0 Å². The highest BCUT2D eigenvalue weighted by atomic mass is 15.3. The van der Waals surface area contributed by atoms with Gasteiger partial charge in [-0.3, -0.25) is 0 Å². The van der Waals surface area contributed by atoms with Gasteiger partial charge in [0.15, 0.2) is 0 Å². The Morgan fingerprint density at radius 3 is 2.36 bits per heavy atom. The van der Waals surface area contributed by atoms with Crippen molar-refractivity contribution in [2.75, 3.05) is 0 Å². The molecule has 0 fully saturated rings. The molecule has 5 nitrogen and oxygen atoms in total. The van der Waals surface area contributed by atoms with E-state index in [4.69, 9.17) is 5.26 Å². The van der Waals surface area contributed by atoms with E-state index in [9.17, 15) is 5.26 Å². The van der Waals surface area contributed by atoms with Gasteiger partial charge in [-0.15, -0.1) is 0 Å². The number of hydrogen-bond donors (Lipinski definition) is 0. The number of nitrogens with zero attached hydrogens (tertiary/aromatic N) is 5. The number of hydrogen-bond acceptors (Lipinski definition) is 4. The average Bonchev–Trinajstić information content (AvgIpc) is 3.01. The molecule has 2 rings (SSSR count). The Balaban J connectivity index is 2.69. The molecule has 0 saturated carbocycles.